The van der Waals surface area contributed by atoms with Crippen LogP contribution in [-0.2, 0) is 9.63 Å². The van der Waals surface area contributed by atoms with Crippen molar-refractivity contribution in [3.05, 3.63) is 42.5 Å². The van der Waals surface area contributed by atoms with E-state index >= 15 is 0 Å². The Morgan fingerprint density at radius 3 is 2.85 bits per heavy atom. The Kier molecular flexibility index (Phi) is 4.08. The summed E-state index contributed by atoms with van der Waals surface area (Å²) in [7, 11) is 1.62. The molecule has 1 unspecified atom stereocenters. The number of hydrogen-bond acceptors (Lipinski definition) is 4. The molecular formula is C15H18N2O3. The number of ether oxygens (including phenoxy) is 1. The molecule has 0 fully saturated rings. The van der Waals surface area contributed by atoms with Crippen LogP contribution in [0.5, 0.6) is 5.75 Å². The molecule has 0 bridgehead atoms. The van der Waals surface area contributed by atoms with Crippen LogP contribution in [-0.4, -0.2) is 30.9 Å². The number of nitrogens with zero attached hydrogens (tertiary/aromatic N) is 1. The number of hydrogen-bond donors (Lipinski definition) is 1. The summed E-state index contributed by atoms with van der Waals surface area (Å²) in [6.45, 7) is 5.70. The largest absolute Gasteiger partial charge is 0.497 e. The topological polar surface area (TPSA) is 59.9 Å². The first kappa shape index (κ1) is 14.1. The molecule has 1 aromatic rings. The smallest absolute Gasteiger partial charge is 0.267 e. The van der Waals surface area contributed by atoms with Gasteiger partial charge >= 0.3 is 0 Å². The van der Waals surface area contributed by atoms with Crippen LogP contribution in [0.25, 0.3) is 0 Å². The van der Waals surface area contributed by atoms with E-state index in [4.69, 9.17) is 9.57 Å². The van der Waals surface area contributed by atoms with Gasteiger partial charge in [-0.1, -0.05) is 11.2 Å². The quantitative estimate of drug-likeness (QED) is 0.834. The summed E-state index contributed by atoms with van der Waals surface area (Å²) >= 11 is 0. The molecule has 0 aliphatic carbocycles. The SMILES string of the molecule is C=CCNC(=O)C1(C)CC(c2ccc(OC)cc2)=NO1. The van der Waals surface area contributed by atoms with Crippen LogP contribution < -0.4 is 10.1 Å². The van der Waals surface area contributed by atoms with Gasteiger partial charge in [-0.2, -0.15) is 0 Å². The van der Waals surface area contributed by atoms with Crippen molar-refractivity contribution in [3.8, 4) is 5.75 Å². The van der Waals surface area contributed by atoms with Crippen molar-refractivity contribution in [3.63, 3.8) is 0 Å². The lowest BCUT2D eigenvalue weighted by Crippen LogP contribution is -2.44. The third-order valence-electron chi connectivity index (χ3n) is 3.17. The average molecular weight is 274 g/mol. The van der Waals surface area contributed by atoms with E-state index in [9.17, 15) is 4.79 Å². The van der Waals surface area contributed by atoms with Crippen LogP contribution in [0.2, 0.25) is 0 Å². The first-order valence-corrected chi connectivity index (χ1v) is 6.38. The number of rotatable bonds is 5. The van der Waals surface area contributed by atoms with E-state index < -0.39 is 5.60 Å². The number of carbonyl (C=O) groups is 1. The standard InChI is InChI=1S/C15H18N2O3/c1-4-9-16-14(18)15(2)10-13(17-20-15)11-5-7-12(19-3)8-6-11/h4-8H,1,9-10H2,2-3H3,(H,16,18). The van der Waals surface area contributed by atoms with Gasteiger partial charge in [0.1, 0.15) is 5.75 Å². The minimum Gasteiger partial charge on any atom is -0.497 e. The van der Waals surface area contributed by atoms with Gasteiger partial charge in [-0.15, -0.1) is 6.58 Å². The van der Waals surface area contributed by atoms with Crippen molar-refractivity contribution >= 4 is 11.6 Å². The number of nitrogens with one attached hydrogen (secondary N) is 1. The Morgan fingerprint density at radius 1 is 1.55 bits per heavy atom. The van der Waals surface area contributed by atoms with Crippen molar-refractivity contribution in [1.82, 2.24) is 5.32 Å². The number of methoxy groups -OCH3 is 1. The van der Waals surface area contributed by atoms with Crippen molar-refractivity contribution in [1.29, 1.82) is 0 Å². The molecular weight excluding hydrogens is 256 g/mol. The van der Waals surface area contributed by atoms with Crippen LogP contribution in [0.4, 0.5) is 0 Å². The lowest BCUT2D eigenvalue weighted by molar-refractivity contribution is -0.141. The highest BCUT2D eigenvalue weighted by Gasteiger charge is 2.41. The maximum atomic E-state index is 12.0. The predicted octanol–water partition coefficient (Wildman–Crippen LogP) is 1.88. The van der Waals surface area contributed by atoms with E-state index in [1.165, 1.54) is 0 Å². The van der Waals surface area contributed by atoms with Gasteiger partial charge in [0.05, 0.1) is 12.8 Å². The highest BCUT2D eigenvalue weighted by Crippen LogP contribution is 2.27. The molecule has 1 aromatic carbocycles. The zero-order valence-electron chi connectivity index (χ0n) is 11.7. The zero-order valence-corrected chi connectivity index (χ0v) is 11.7. The molecule has 1 atom stereocenters. The summed E-state index contributed by atoms with van der Waals surface area (Å²) in [5, 5.41) is 6.76. The number of amides is 1. The molecule has 5 heteroatoms. The summed E-state index contributed by atoms with van der Waals surface area (Å²) in [5.74, 6) is 0.587. The van der Waals surface area contributed by atoms with Crippen molar-refractivity contribution < 1.29 is 14.4 Å². The van der Waals surface area contributed by atoms with E-state index in [0.29, 0.717) is 13.0 Å². The second-order valence-corrected chi connectivity index (χ2v) is 4.76. The summed E-state index contributed by atoms with van der Waals surface area (Å²) in [4.78, 5) is 17.4. The molecule has 0 saturated carbocycles. The molecule has 0 spiro atoms. The third kappa shape index (κ3) is 2.82. The van der Waals surface area contributed by atoms with Crippen LogP contribution in [0.1, 0.15) is 18.9 Å². The predicted molar refractivity (Wildman–Crippen MR) is 76.8 cm³/mol. The fourth-order valence-electron chi connectivity index (χ4n) is 1.95. The number of carbonyl (C=O) groups excluding carboxylic acids is 1. The maximum Gasteiger partial charge on any atom is 0.267 e. The minimum absolute atomic E-state index is 0.190. The minimum atomic E-state index is -0.960. The van der Waals surface area contributed by atoms with Gasteiger partial charge < -0.3 is 14.9 Å². The van der Waals surface area contributed by atoms with Gasteiger partial charge in [-0.25, -0.2) is 0 Å². The summed E-state index contributed by atoms with van der Waals surface area (Å²) in [6.07, 6.45) is 2.06. The van der Waals surface area contributed by atoms with Gasteiger partial charge in [0.15, 0.2) is 0 Å². The van der Waals surface area contributed by atoms with Crippen LogP contribution in [0.15, 0.2) is 42.1 Å². The first-order valence-electron chi connectivity index (χ1n) is 6.38. The Hall–Kier alpha value is -2.30. The maximum absolute atomic E-state index is 12.0. The molecule has 2 rings (SSSR count). The van der Waals surface area contributed by atoms with Gasteiger partial charge in [-0.3, -0.25) is 4.79 Å². The molecule has 1 amide bonds. The Morgan fingerprint density at radius 2 is 2.25 bits per heavy atom. The molecule has 1 N–H and O–H groups in total. The summed E-state index contributed by atoms with van der Waals surface area (Å²) in [6, 6.07) is 7.50. The van der Waals surface area contributed by atoms with Crippen molar-refractivity contribution in [2.45, 2.75) is 18.9 Å². The molecule has 1 aliphatic rings. The Labute approximate surface area is 118 Å². The van der Waals surface area contributed by atoms with Gasteiger partial charge in [0.2, 0.25) is 5.60 Å². The Bertz CT molecular complexity index is 537. The lowest BCUT2D eigenvalue weighted by Gasteiger charge is -2.19. The van der Waals surface area contributed by atoms with E-state index in [-0.39, 0.29) is 5.91 Å². The normalized spacial score (nSPS) is 20.8. The average Bonchev–Trinajstić information content (AvgIpc) is 2.88. The molecule has 0 saturated heterocycles. The van der Waals surface area contributed by atoms with E-state index in [2.05, 4.69) is 17.1 Å². The molecule has 1 heterocycles. The number of benzene rings is 1. The molecule has 106 valence electrons. The highest BCUT2D eigenvalue weighted by molar-refractivity contribution is 6.05. The zero-order chi connectivity index (χ0) is 14.6. The van der Waals surface area contributed by atoms with Crippen LogP contribution >= 0.6 is 0 Å². The molecule has 0 radical (unpaired) electrons. The molecule has 1 aliphatic heterocycles. The van der Waals surface area contributed by atoms with E-state index in [1.807, 2.05) is 24.3 Å². The van der Waals surface area contributed by atoms with Gasteiger partial charge in [-0.05, 0) is 36.8 Å². The van der Waals surface area contributed by atoms with Gasteiger partial charge in [0, 0.05) is 13.0 Å². The lowest BCUT2D eigenvalue weighted by atomic mass is 9.95. The van der Waals surface area contributed by atoms with E-state index in [0.717, 1.165) is 17.0 Å². The Balaban J connectivity index is 2.06. The van der Waals surface area contributed by atoms with Crippen LogP contribution in [0.3, 0.4) is 0 Å². The summed E-state index contributed by atoms with van der Waals surface area (Å²) < 4.78 is 5.11. The van der Waals surface area contributed by atoms with Gasteiger partial charge in [0.25, 0.3) is 5.91 Å². The fourth-order valence-corrected chi connectivity index (χ4v) is 1.95. The highest BCUT2D eigenvalue weighted by atomic mass is 16.7. The molecule has 0 aromatic heterocycles. The third-order valence-corrected chi connectivity index (χ3v) is 3.17. The summed E-state index contributed by atoms with van der Waals surface area (Å²) in [5.41, 5.74) is 0.716. The second kappa shape index (κ2) is 5.77. The van der Waals surface area contributed by atoms with E-state index in [1.54, 1.807) is 20.1 Å². The first-order chi connectivity index (χ1) is 9.59. The molecule has 20 heavy (non-hydrogen) atoms. The molecule has 5 nitrogen and oxygen atoms in total. The van der Waals surface area contributed by atoms with Crippen molar-refractivity contribution in [2.75, 3.05) is 13.7 Å². The fraction of sp³-hybridized carbons (Fsp3) is 0.333. The number of oxime groups is 1. The monoisotopic (exact) mass is 274 g/mol. The second-order valence-electron chi connectivity index (χ2n) is 4.76. The van der Waals surface area contributed by atoms with Crippen molar-refractivity contribution in [2.24, 2.45) is 5.16 Å². The van der Waals surface area contributed by atoms with Crippen LogP contribution in [0, 0.1) is 0 Å².